The number of hydrogen-bond acceptors (Lipinski definition) is 5. The van der Waals surface area contributed by atoms with E-state index >= 15 is 0 Å². The third-order valence-electron chi connectivity index (χ3n) is 5.78. The van der Waals surface area contributed by atoms with Gasteiger partial charge in [0.1, 0.15) is 12.6 Å². The summed E-state index contributed by atoms with van der Waals surface area (Å²) in [7, 11) is 1.80. The number of benzene rings is 1. The number of carbonyl (C=O) groups is 2. The van der Waals surface area contributed by atoms with Crippen LogP contribution in [-0.4, -0.2) is 73.7 Å². The number of likely N-dealkylation sites (N-methyl/N-ethyl adjacent to an activating group) is 1. The third kappa shape index (κ3) is 4.91. The topological polar surface area (TPSA) is 59.1 Å². The SMILES string of the molecule is CN1CCN(C(=O)COC[C@@H]2CCCO2)[C@@H](Cc2ccc(-c3cccs3)cc2)C1=O. The van der Waals surface area contributed by atoms with Gasteiger partial charge in [0.25, 0.3) is 0 Å². The van der Waals surface area contributed by atoms with Gasteiger partial charge >= 0.3 is 0 Å². The second-order valence-corrected chi connectivity index (χ2v) is 8.84. The highest BCUT2D eigenvalue weighted by Gasteiger charge is 2.36. The lowest BCUT2D eigenvalue weighted by molar-refractivity contribution is -0.153. The first kappa shape index (κ1) is 21.0. The molecule has 6 nitrogen and oxygen atoms in total. The maximum atomic E-state index is 12.9. The molecule has 0 N–H and O–H groups in total. The predicted octanol–water partition coefficient (Wildman–Crippen LogP) is 2.82. The van der Waals surface area contributed by atoms with Gasteiger partial charge in [0.15, 0.2) is 0 Å². The number of hydrogen-bond donors (Lipinski definition) is 0. The Balaban J connectivity index is 1.39. The van der Waals surface area contributed by atoms with Crippen molar-refractivity contribution in [2.24, 2.45) is 0 Å². The molecular formula is C23H28N2O4S. The van der Waals surface area contributed by atoms with Crippen LogP contribution in [0.25, 0.3) is 10.4 Å². The van der Waals surface area contributed by atoms with Crippen LogP contribution in [0.15, 0.2) is 41.8 Å². The minimum absolute atomic E-state index is 0.00926. The van der Waals surface area contributed by atoms with Gasteiger partial charge in [-0.05, 0) is 35.4 Å². The van der Waals surface area contributed by atoms with Crippen molar-refractivity contribution in [3.05, 3.63) is 47.3 Å². The van der Waals surface area contributed by atoms with E-state index in [1.165, 1.54) is 4.88 Å². The van der Waals surface area contributed by atoms with Crippen molar-refractivity contribution in [2.45, 2.75) is 31.4 Å². The zero-order valence-electron chi connectivity index (χ0n) is 17.3. The van der Waals surface area contributed by atoms with Gasteiger partial charge in [-0.1, -0.05) is 30.3 Å². The lowest BCUT2D eigenvalue weighted by atomic mass is 10.00. The summed E-state index contributed by atoms with van der Waals surface area (Å²) in [5.74, 6) is -0.147. The molecule has 2 atom stereocenters. The van der Waals surface area contributed by atoms with E-state index < -0.39 is 6.04 Å². The van der Waals surface area contributed by atoms with Gasteiger partial charge in [-0.25, -0.2) is 0 Å². The van der Waals surface area contributed by atoms with Crippen LogP contribution in [0.1, 0.15) is 18.4 Å². The average molecular weight is 429 g/mol. The van der Waals surface area contributed by atoms with Crippen LogP contribution in [-0.2, 0) is 25.5 Å². The van der Waals surface area contributed by atoms with E-state index in [2.05, 4.69) is 23.6 Å². The standard InChI is InChI=1S/C23H28N2O4S/c1-24-10-11-25(22(26)16-28-15-19-4-2-12-29-19)20(23(24)27)14-17-6-8-18(9-7-17)21-5-3-13-30-21/h3,5-9,13,19-20H,2,4,10-12,14-16H2,1H3/t19-,20-/m0/s1. The van der Waals surface area contributed by atoms with Crippen molar-refractivity contribution < 1.29 is 19.1 Å². The van der Waals surface area contributed by atoms with E-state index in [0.717, 1.165) is 30.6 Å². The first-order chi connectivity index (χ1) is 14.6. The Bertz CT molecular complexity index is 847. The molecular weight excluding hydrogens is 400 g/mol. The molecule has 0 radical (unpaired) electrons. The van der Waals surface area contributed by atoms with Crippen LogP contribution in [0.4, 0.5) is 0 Å². The molecule has 2 aliphatic rings. The van der Waals surface area contributed by atoms with Crippen molar-refractivity contribution in [1.82, 2.24) is 9.80 Å². The first-order valence-corrected chi connectivity index (χ1v) is 11.4. The van der Waals surface area contributed by atoms with Crippen molar-refractivity contribution in [3.8, 4) is 10.4 Å². The van der Waals surface area contributed by atoms with Gasteiger partial charge in [-0.15, -0.1) is 11.3 Å². The van der Waals surface area contributed by atoms with Gasteiger partial charge in [-0.2, -0.15) is 0 Å². The number of rotatable bonds is 7. The summed E-state index contributed by atoms with van der Waals surface area (Å²) < 4.78 is 11.1. The summed E-state index contributed by atoms with van der Waals surface area (Å²) in [4.78, 5) is 30.3. The van der Waals surface area contributed by atoms with E-state index in [4.69, 9.17) is 9.47 Å². The number of ether oxygens (including phenoxy) is 2. The fourth-order valence-electron chi connectivity index (χ4n) is 4.02. The summed E-state index contributed by atoms with van der Waals surface area (Å²) in [5, 5.41) is 2.06. The molecule has 2 aliphatic heterocycles. The highest BCUT2D eigenvalue weighted by Crippen LogP contribution is 2.25. The summed E-state index contributed by atoms with van der Waals surface area (Å²) in [5.41, 5.74) is 2.21. The fourth-order valence-corrected chi connectivity index (χ4v) is 4.75. The number of nitrogens with zero attached hydrogens (tertiary/aromatic N) is 2. The predicted molar refractivity (Wildman–Crippen MR) is 116 cm³/mol. The Kier molecular flexibility index (Phi) is 6.82. The van der Waals surface area contributed by atoms with Gasteiger partial charge in [0.2, 0.25) is 11.8 Å². The molecule has 0 bridgehead atoms. The van der Waals surface area contributed by atoms with Crippen molar-refractivity contribution in [2.75, 3.05) is 40.0 Å². The lowest BCUT2D eigenvalue weighted by Crippen LogP contribution is -2.59. The molecule has 160 valence electrons. The molecule has 0 aliphatic carbocycles. The van der Waals surface area contributed by atoms with E-state index in [9.17, 15) is 9.59 Å². The molecule has 1 aromatic carbocycles. The highest BCUT2D eigenvalue weighted by molar-refractivity contribution is 7.13. The molecule has 7 heteroatoms. The minimum atomic E-state index is -0.491. The number of amides is 2. The van der Waals surface area contributed by atoms with Gasteiger partial charge < -0.3 is 19.3 Å². The first-order valence-electron chi connectivity index (χ1n) is 10.5. The van der Waals surface area contributed by atoms with E-state index in [1.807, 2.05) is 18.2 Å². The van der Waals surface area contributed by atoms with Crippen LogP contribution >= 0.6 is 11.3 Å². The van der Waals surface area contributed by atoms with Crippen LogP contribution in [0.5, 0.6) is 0 Å². The summed E-state index contributed by atoms with van der Waals surface area (Å²) in [6.45, 7) is 2.27. The number of thiophene rings is 1. The Morgan fingerprint density at radius 2 is 2.07 bits per heavy atom. The summed E-state index contributed by atoms with van der Waals surface area (Å²) in [6, 6.07) is 11.9. The molecule has 2 aromatic rings. The smallest absolute Gasteiger partial charge is 0.249 e. The second kappa shape index (κ2) is 9.73. The zero-order valence-corrected chi connectivity index (χ0v) is 18.1. The zero-order chi connectivity index (χ0) is 20.9. The molecule has 30 heavy (non-hydrogen) atoms. The molecule has 4 rings (SSSR count). The van der Waals surface area contributed by atoms with E-state index in [-0.39, 0.29) is 24.5 Å². The van der Waals surface area contributed by atoms with Crippen LogP contribution in [0.2, 0.25) is 0 Å². The quantitative estimate of drug-likeness (QED) is 0.681. The molecule has 2 fully saturated rings. The highest BCUT2D eigenvalue weighted by atomic mass is 32.1. The fraction of sp³-hybridized carbons (Fsp3) is 0.478. The number of carbonyl (C=O) groups excluding carboxylic acids is 2. The van der Waals surface area contributed by atoms with E-state index in [1.54, 1.807) is 28.2 Å². The van der Waals surface area contributed by atoms with Gasteiger partial charge in [0.05, 0.1) is 12.7 Å². The molecule has 0 saturated carbocycles. The Morgan fingerprint density at radius 1 is 1.23 bits per heavy atom. The monoisotopic (exact) mass is 428 g/mol. The molecule has 0 spiro atoms. The second-order valence-electron chi connectivity index (χ2n) is 7.89. The van der Waals surface area contributed by atoms with Gasteiger partial charge in [0, 0.05) is 38.0 Å². The van der Waals surface area contributed by atoms with Crippen molar-refractivity contribution in [3.63, 3.8) is 0 Å². The van der Waals surface area contributed by atoms with Crippen LogP contribution < -0.4 is 0 Å². The van der Waals surface area contributed by atoms with E-state index in [0.29, 0.717) is 26.1 Å². The van der Waals surface area contributed by atoms with Crippen LogP contribution in [0, 0.1) is 0 Å². The maximum Gasteiger partial charge on any atom is 0.249 e. The molecule has 0 unspecified atom stereocenters. The Hall–Kier alpha value is -2.22. The molecule has 2 amide bonds. The van der Waals surface area contributed by atoms with Crippen molar-refractivity contribution >= 4 is 23.2 Å². The molecule has 1 aromatic heterocycles. The van der Waals surface area contributed by atoms with Crippen molar-refractivity contribution in [1.29, 1.82) is 0 Å². The van der Waals surface area contributed by atoms with Gasteiger partial charge in [-0.3, -0.25) is 9.59 Å². The van der Waals surface area contributed by atoms with Crippen LogP contribution in [0.3, 0.4) is 0 Å². The summed E-state index contributed by atoms with van der Waals surface area (Å²) in [6.07, 6.45) is 2.61. The average Bonchev–Trinajstić information content (AvgIpc) is 3.46. The largest absolute Gasteiger partial charge is 0.376 e. The maximum absolute atomic E-state index is 12.9. The normalized spacial score (nSPS) is 22.0. The number of piperazine rings is 1. The third-order valence-corrected chi connectivity index (χ3v) is 6.70. The summed E-state index contributed by atoms with van der Waals surface area (Å²) >= 11 is 1.70. The minimum Gasteiger partial charge on any atom is -0.376 e. The molecule has 2 saturated heterocycles. The lowest BCUT2D eigenvalue weighted by Gasteiger charge is -2.39. The Labute approximate surface area is 181 Å². The molecule has 3 heterocycles. The Morgan fingerprint density at radius 3 is 2.77 bits per heavy atom.